The number of ether oxygens (including phenoxy) is 2. The summed E-state index contributed by atoms with van der Waals surface area (Å²) in [5.74, 6) is 6.43. The van der Waals surface area contributed by atoms with Gasteiger partial charge in [0, 0.05) is 5.88 Å². The lowest BCUT2D eigenvalue weighted by atomic mass is 10.2. The van der Waals surface area contributed by atoms with Crippen molar-refractivity contribution in [2.45, 2.75) is 13.0 Å². The van der Waals surface area contributed by atoms with Gasteiger partial charge in [0.05, 0.1) is 12.3 Å². The molecule has 0 heterocycles. The number of rotatable bonds is 7. The number of anilines is 1. The first-order chi connectivity index (χ1) is 11.6. The zero-order valence-electron chi connectivity index (χ0n) is 13.0. The van der Waals surface area contributed by atoms with Crippen LogP contribution in [-0.4, -0.2) is 18.6 Å². The molecule has 0 saturated carbocycles. The number of halogens is 2. The van der Waals surface area contributed by atoms with Gasteiger partial charge in [0.25, 0.3) is 0 Å². The zero-order chi connectivity index (χ0) is 17.4. The third kappa shape index (κ3) is 5.40. The molecule has 0 unspecified atom stereocenters. The van der Waals surface area contributed by atoms with Crippen molar-refractivity contribution in [2.24, 2.45) is 5.84 Å². The average molecular weight is 353 g/mol. The lowest BCUT2D eigenvalue weighted by Crippen LogP contribution is -2.38. The fraction of sp³-hybridized carbons (Fsp3) is 0.235. The largest absolute Gasteiger partial charge is 0.489 e. The molecule has 7 heteroatoms. The van der Waals surface area contributed by atoms with Gasteiger partial charge in [-0.05, 0) is 48.4 Å². The number of hydrogen-bond acceptors (Lipinski definition) is 4. The van der Waals surface area contributed by atoms with Gasteiger partial charge in [-0.2, -0.15) is 0 Å². The molecule has 0 aliphatic carbocycles. The predicted octanol–water partition coefficient (Wildman–Crippen LogP) is 3.85. The SMILES string of the molecule is NN(C(=O)OCCCCl)c1ccc(OCc2ccc(F)cc2)cc1. The second-order valence-electron chi connectivity index (χ2n) is 4.94. The second kappa shape index (κ2) is 9.10. The molecule has 0 aromatic heterocycles. The Kier molecular flexibility index (Phi) is 6.84. The Morgan fingerprint density at radius 2 is 1.79 bits per heavy atom. The molecule has 1 amide bonds. The number of nitrogens with zero attached hydrogens (tertiary/aromatic N) is 1. The van der Waals surface area contributed by atoms with Crippen LogP contribution in [0.1, 0.15) is 12.0 Å². The standard InChI is InChI=1S/C17H18ClFN2O3/c18-10-1-11-23-17(22)21(20)15-6-8-16(9-7-15)24-12-13-2-4-14(19)5-3-13/h2-9H,1,10-12,20H2. The third-order valence-corrected chi connectivity index (χ3v) is 3.40. The number of hydrazine groups is 1. The van der Waals surface area contributed by atoms with Crippen LogP contribution in [0.5, 0.6) is 5.75 Å². The summed E-state index contributed by atoms with van der Waals surface area (Å²) in [6, 6.07) is 12.7. The maximum Gasteiger partial charge on any atom is 0.428 e. The van der Waals surface area contributed by atoms with Crippen molar-refractivity contribution >= 4 is 23.4 Å². The summed E-state index contributed by atoms with van der Waals surface area (Å²) in [6.45, 7) is 0.529. The molecule has 2 N–H and O–H groups in total. The minimum atomic E-state index is -0.653. The molecule has 2 aromatic rings. The molecule has 2 aromatic carbocycles. The highest BCUT2D eigenvalue weighted by atomic mass is 35.5. The van der Waals surface area contributed by atoms with Crippen molar-refractivity contribution in [3.05, 3.63) is 59.9 Å². The van der Waals surface area contributed by atoms with Crippen molar-refractivity contribution in [2.75, 3.05) is 17.5 Å². The Morgan fingerprint density at radius 3 is 2.42 bits per heavy atom. The zero-order valence-corrected chi connectivity index (χ0v) is 13.7. The topological polar surface area (TPSA) is 64.8 Å². The smallest absolute Gasteiger partial charge is 0.428 e. The van der Waals surface area contributed by atoms with E-state index in [0.717, 1.165) is 10.6 Å². The van der Waals surface area contributed by atoms with Gasteiger partial charge >= 0.3 is 6.09 Å². The monoisotopic (exact) mass is 352 g/mol. The van der Waals surface area contributed by atoms with Gasteiger partial charge in [0.2, 0.25) is 0 Å². The molecule has 0 bridgehead atoms. The number of carbonyl (C=O) groups excluding carboxylic acids is 1. The Labute approximate surface area is 144 Å². The lowest BCUT2D eigenvalue weighted by molar-refractivity contribution is 0.154. The van der Waals surface area contributed by atoms with Gasteiger partial charge in [0.15, 0.2) is 0 Å². The molecule has 0 fully saturated rings. The minimum Gasteiger partial charge on any atom is -0.489 e. The van der Waals surface area contributed by atoms with Gasteiger partial charge in [-0.15, -0.1) is 11.6 Å². The number of carbonyl (C=O) groups is 1. The van der Waals surface area contributed by atoms with Crippen LogP contribution in [0.15, 0.2) is 48.5 Å². The first kappa shape index (κ1) is 18.0. The molecule has 0 spiro atoms. The van der Waals surface area contributed by atoms with E-state index in [2.05, 4.69) is 0 Å². The van der Waals surface area contributed by atoms with E-state index in [4.69, 9.17) is 26.9 Å². The number of hydrogen-bond donors (Lipinski definition) is 1. The van der Waals surface area contributed by atoms with E-state index in [9.17, 15) is 9.18 Å². The van der Waals surface area contributed by atoms with Crippen LogP contribution in [0.4, 0.5) is 14.9 Å². The number of benzene rings is 2. The van der Waals surface area contributed by atoms with Crippen LogP contribution in [0.25, 0.3) is 0 Å². The van der Waals surface area contributed by atoms with Gasteiger partial charge in [-0.1, -0.05) is 12.1 Å². The lowest BCUT2D eigenvalue weighted by Gasteiger charge is -2.16. The van der Waals surface area contributed by atoms with Crippen LogP contribution < -0.4 is 15.6 Å². The number of alkyl halides is 1. The third-order valence-electron chi connectivity index (χ3n) is 3.13. The van der Waals surface area contributed by atoms with E-state index >= 15 is 0 Å². The summed E-state index contributed by atoms with van der Waals surface area (Å²) in [5.41, 5.74) is 1.32. The summed E-state index contributed by atoms with van der Waals surface area (Å²) < 4.78 is 23.4. The molecule has 0 radical (unpaired) electrons. The van der Waals surface area contributed by atoms with Crippen LogP contribution in [-0.2, 0) is 11.3 Å². The van der Waals surface area contributed by atoms with E-state index < -0.39 is 6.09 Å². The first-order valence-electron chi connectivity index (χ1n) is 7.35. The first-order valence-corrected chi connectivity index (χ1v) is 7.88. The molecule has 24 heavy (non-hydrogen) atoms. The summed E-state index contributed by atoms with van der Waals surface area (Å²) in [5, 5.41) is 0.915. The Hall–Kier alpha value is -2.31. The van der Waals surface area contributed by atoms with E-state index in [1.807, 2.05) is 0 Å². The highest BCUT2D eigenvalue weighted by molar-refractivity contribution is 6.17. The molecule has 128 valence electrons. The highest BCUT2D eigenvalue weighted by Gasteiger charge is 2.13. The van der Waals surface area contributed by atoms with Crippen molar-refractivity contribution in [1.29, 1.82) is 0 Å². The molecule has 0 aliphatic rings. The minimum absolute atomic E-state index is 0.217. The van der Waals surface area contributed by atoms with E-state index in [1.165, 1.54) is 12.1 Å². The molecule has 2 rings (SSSR count). The van der Waals surface area contributed by atoms with Crippen LogP contribution in [0, 0.1) is 5.82 Å². The maximum atomic E-state index is 12.8. The van der Waals surface area contributed by atoms with Gasteiger partial charge in [-0.25, -0.2) is 20.0 Å². The van der Waals surface area contributed by atoms with Crippen LogP contribution in [0.2, 0.25) is 0 Å². The van der Waals surface area contributed by atoms with Crippen molar-refractivity contribution in [3.8, 4) is 5.75 Å². The Bertz CT molecular complexity index is 650. The quantitative estimate of drug-likeness (QED) is 0.270. The second-order valence-corrected chi connectivity index (χ2v) is 5.31. The number of nitrogens with two attached hydrogens (primary N) is 1. The van der Waals surface area contributed by atoms with Crippen molar-refractivity contribution in [1.82, 2.24) is 0 Å². The van der Waals surface area contributed by atoms with Crippen molar-refractivity contribution < 1.29 is 18.7 Å². The van der Waals surface area contributed by atoms with E-state index in [-0.39, 0.29) is 12.4 Å². The van der Waals surface area contributed by atoms with Crippen LogP contribution in [0.3, 0.4) is 0 Å². The molecular formula is C17H18ClFN2O3. The highest BCUT2D eigenvalue weighted by Crippen LogP contribution is 2.19. The van der Waals surface area contributed by atoms with E-state index in [1.54, 1.807) is 36.4 Å². The maximum absolute atomic E-state index is 12.8. The number of amides is 1. The van der Waals surface area contributed by atoms with Crippen LogP contribution >= 0.6 is 11.6 Å². The fourth-order valence-electron chi connectivity index (χ4n) is 1.84. The fourth-order valence-corrected chi connectivity index (χ4v) is 1.95. The summed E-state index contributed by atoms with van der Waals surface area (Å²) >= 11 is 5.51. The predicted molar refractivity (Wildman–Crippen MR) is 90.5 cm³/mol. The molecular weight excluding hydrogens is 335 g/mol. The molecule has 0 aliphatic heterocycles. The van der Waals surface area contributed by atoms with Gasteiger partial charge in [-0.3, -0.25) is 0 Å². The average Bonchev–Trinajstić information content (AvgIpc) is 2.61. The molecule has 0 atom stereocenters. The van der Waals surface area contributed by atoms with Crippen molar-refractivity contribution in [3.63, 3.8) is 0 Å². The Morgan fingerprint density at radius 1 is 1.12 bits per heavy atom. The normalized spacial score (nSPS) is 10.3. The summed E-state index contributed by atoms with van der Waals surface area (Å²) in [6.07, 6.45) is -0.0859. The Balaban J connectivity index is 1.87. The summed E-state index contributed by atoms with van der Waals surface area (Å²) in [4.78, 5) is 11.7. The van der Waals surface area contributed by atoms with Gasteiger partial charge < -0.3 is 9.47 Å². The molecule has 5 nitrogen and oxygen atoms in total. The van der Waals surface area contributed by atoms with Gasteiger partial charge in [0.1, 0.15) is 18.2 Å². The summed E-state index contributed by atoms with van der Waals surface area (Å²) in [7, 11) is 0. The van der Waals surface area contributed by atoms with E-state index in [0.29, 0.717) is 30.3 Å². The molecule has 0 saturated heterocycles.